The van der Waals surface area contributed by atoms with Gasteiger partial charge in [0.2, 0.25) is 0 Å². The molecule has 1 heterocycles. The molecule has 0 aliphatic carbocycles. The summed E-state index contributed by atoms with van der Waals surface area (Å²) in [5.74, 6) is -0.698. The Hall–Kier alpha value is -0.610. The van der Waals surface area contributed by atoms with Crippen molar-refractivity contribution in [3.8, 4) is 0 Å². The van der Waals surface area contributed by atoms with E-state index in [4.69, 9.17) is 4.74 Å². The third-order valence-corrected chi connectivity index (χ3v) is 3.17. The molecule has 1 aliphatic rings. The van der Waals surface area contributed by atoms with Gasteiger partial charge < -0.3 is 9.84 Å². The summed E-state index contributed by atoms with van der Waals surface area (Å²) < 4.78 is 5.25. The summed E-state index contributed by atoms with van der Waals surface area (Å²) in [4.78, 5) is 13.2. The van der Waals surface area contributed by atoms with E-state index in [-0.39, 0.29) is 0 Å². The van der Waals surface area contributed by atoms with Crippen LogP contribution in [-0.2, 0) is 9.53 Å². The number of hydrogen-bond donors (Lipinski definition) is 1. The third-order valence-electron chi connectivity index (χ3n) is 3.17. The van der Waals surface area contributed by atoms with Crippen LogP contribution in [0.3, 0.4) is 0 Å². The van der Waals surface area contributed by atoms with Crippen LogP contribution >= 0.6 is 0 Å². The Morgan fingerprint density at radius 1 is 1.60 bits per heavy atom. The van der Waals surface area contributed by atoms with Gasteiger partial charge in [-0.05, 0) is 39.7 Å². The lowest BCUT2D eigenvalue weighted by Crippen LogP contribution is -2.48. The smallest absolute Gasteiger partial charge is 0.323 e. The molecule has 0 aromatic carbocycles. The van der Waals surface area contributed by atoms with Crippen LogP contribution in [0.1, 0.15) is 33.1 Å². The number of aliphatic carboxylic acids is 1. The fraction of sp³-hybridized carbons (Fsp3) is 0.909. The molecule has 0 spiro atoms. The number of carbonyl (C=O) groups is 1. The Labute approximate surface area is 91.2 Å². The predicted octanol–water partition coefficient (Wildman–Crippen LogP) is 1.35. The fourth-order valence-corrected chi connectivity index (χ4v) is 2.12. The summed E-state index contributed by atoms with van der Waals surface area (Å²) >= 11 is 0. The van der Waals surface area contributed by atoms with Crippen LogP contribution in [0.2, 0.25) is 0 Å². The molecule has 0 amide bonds. The maximum Gasteiger partial charge on any atom is 0.323 e. The van der Waals surface area contributed by atoms with Gasteiger partial charge in [0.15, 0.2) is 0 Å². The van der Waals surface area contributed by atoms with Crippen molar-refractivity contribution in [2.24, 2.45) is 0 Å². The minimum absolute atomic E-state index is 0.647. The Morgan fingerprint density at radius 2 is 2.33 bits per heavy atom. The predicted molar refractivity (Wildman–Crippen MR) is 58.0 cm³/mol. The standard InChI is InChI=1S/C11H21NO3/c1-3-15-9-5-8-12-7-4-6-11(12,2)10(13)14/h3-9H2,1-2H3,(H,13,14). The second kappa shape index (κ2) is 5.47. The summed E-state index contributed by atoms with van der Waals surface area (Å²) in [6.07, 6.45) is 2.66. The molecule has 1 rings (SSSR count). The van der Waals surface area contributed by atoms with Gasteiger partial charge in [-0.3, -0.25) is 9.69 Å². The first-order valence-corrected chi connectivity index (χ1v) is 5.67. The molecule has 1 unspecified atom stereocenters. The molecule has 4 nitrogen and oxygen atoms in total. The van der Waals surface area contributed by atoms with Crippen molar-refractivity contribution in [2.75, 3.05) is 26.3 Å². The van der Waals surface area contributed by atoms with E-state index in [1.807, 2.05) is 13.8 Å². The van der Waals surface area contributed by atoms with Gasteiger partial charge in [-0.25, -0.2) is 0 Å². The monoisotopic (exact) mass is 215 g/mol. The Morgan fingerprint density at radius 3 is 2.93 bits per heavy atom. The largest absolute Gasteiger partial charge is 0.480 e. The molecule has 4 heteroatoms. The van der Waals surface area contributed by atoms with Crippen molar-refractivity contribution in [3.05, 3.63) is 0 Å². The molecule has 1 N–H and O–H groups in total. The lowest BCUT2D eigenvalue weighted by molar-refractivity contribution is -0.148. The Balaban J connectivity index is 2.37. The molecule has 1 saturated heterocycles. The van der Waals surface area contributed by atoms with Crippen molar-refractivity contribution >= 4 is 5.97 Å². The van der Waals surface area contributed by atoms with Gasteiger partial charge in [-0.15, -0.1) is 0 Å². The quantitative estimate of drug-likeness (QED) is 0.679. The molecule has 1 fully saturated rings. The molecule has 88 valence electrons. The second-order valence-electron chi connectivity index (χ2n) is 4.22. The molecule has 0 saturated carbocycles. The lowest BCUT2D eigenvalue weighted by Gasteiger charge is -2.30. The lowest BCUT2D eigenvalue weighted by atomic mass is 9.99. The van der Waals surface area contributed by atoms with Gasteiger partial charge in [0.05, 0.1) is 0 Å². The number of likely N-dealkylation sites (tertiary alicyclic amines) is 1. The Kier molecular flexibility index (Phi) is 4.54. The SMILES string of the molecule is CCOCCCN1CCCC1(C)C(=O)O. The van der Waals surface area contributed by atoms with Crippen molar-refractivity contribution < 1.29 is 14.6 Å². The van der Waals surface area contributed by atoms with Crippen molar-refractivity contribution in [2.45, 2.75) is 38.6 Å². The molecule has 0 bridgehead atoms. The summed E-state index contributed by atoms with van der Waals surface area (Å²) in [6.45, 7) is 6.97. The average molecular weight is 215 g/mol. The maximum atomic E-state index is 11.1. The normalized spacial score (nSPS) is 27.1. The third kappa shape index (κ3) is 2.92. The van der Waals surface area contributed by atoms with Crippen LogP contribution in [0.5, 0.6) is 0 Å². The summed E-state index contributed by atoms with van der Waals surface area (Å²) in [5, 5.41) is 9.17. The number of rotatable bonds is 6. The first-order valence-electron chi connectivity index (χ1n) is 5.67. The molecule has 0 aromatic heterocycles. The van der Waals surface area contributed by atoms with Crippen molar-refractivity contribution in [3.63, 3.8) is 0 Å². The minimum atomic E-state index is -0.698. The number of carboxylic acids is 1. The highest BCUT2D eigenvalue weighted by Gasteiger charge is 2.42. The molecule has 1 atom stereocenters. The number of hydrogen-bond acceptors (Lipinski definition) is 3. The first-order chi connectivity index (χ1) is 7.11. The topological polar surface area (TPSA) is 49.8 Å². The highest BCUT2D eigenvalue weighted by atomic mass is 16.5. The molecule has 0 aromatic rings. The van der Waals surface area contributed by atoms with Crippen LogP contribution in [-0.4, -0.2) is 47.8 Å². The van der Waals surface area contributed by atoms with Crippen LogP contribution in [0.15, 0.2) is 0 Å². The number of carboxylic acid groups (broad SMARTS) is 1. The van der Waals surface area contributed by atoms with E-state index >= 15 is 0 Å². The first kappa shape index (κ1) is 12.5. The molecule has 1 aliphatic heterocycles. The average Bonchev–Trinajstić information content (AvgIpc) is 2.56. The van der Waals surface area contributed by atoms with Gasteiger partial charge in [0.1, 0.15) is 5.54 Å². The van der Waals surface area contributed by atoms with Crippen molar-refractivity contribution in [1.82, 2.24) is 4.90 Å². The zero-order valence-corrected chi connectivity index (χ0v) is 9.66. The van der Waals surface area contributed by atoms with E-state index in [9.17, 15) is 9.90 Å². The molecular formula is C11H21NO3. The van der Waals surface area contributed by atoms with E-state index in [1.165, 1.54) is 0 Å². The van der Waals surface area contributed by atoms with Gasteiger partial charge in [0.25, 0.3) is 0 Å². The summed E-state index contributed by atoms with van der Waals surface area (Å²) in [7, 11) is 0. The maximum absolute atomic E-state index is 11.1. The Bertz CT molecular complexity index is 220. The van der Waals surface area contributed by atoms with E-state index in [0.29, 0.717) is 0 Å². The van der Waals surface area contributed by atoms with E-state index < -0.39 is 11.5 Å². The van der Waals surface area contributed by atoms with Crippen LogP contribution in [0.25, 0.3) is 0 Å². The molecular weight excluding hydrogens is 194 g/mol. The van der Waals surface area contributed by atoms with Crippen LogP contribution < -0.4 is 0 Å². The minimum Gasteiger partial charge on any atom is -0.480 e. The van der Waals surface area contributed by atoms with Gasteiger partial charge in [-0.2, -0.15) is 0 Å². The fourth-order valence-electron chi connectivity index (χ4n) is 2.12. The van der Waals surface area contributed by atoms with Crippen LogP contribution in [0.4, 0.5) is 0 Å². The van der Waals surface area contributed by atoms with Crippen LogP contribution in [0, 0.1) is 0 Å². The van der Waals surface area contributed by atoms with Gasteiger partial charge in [-0.1, -0.05) is 0 Å². The van der Waals surface area contributed by atoms with Gasteiger partial charge in [0, 0.05) is 19.8 Å². The van der Waals surface area contributed by atoms with E-state index in [0.717, 1.165) is 45.6 Å². The molecule has 15 heavy (non-hydrogen) atoms. The zero-order chi connectivity index (χ0) is 11.3. The van der Waals surface area contributed by atoms with E-state index in [1.54, 1.807) is 0 Å². The van der Waals surface area contributed by atoms with E-state index in [2.05, 4.69) is 4.90 Å². The summed E-state index contributed by atoms with van der Waals surface area (Å²) in [6, 6.07) is 0. The number of nitrogens with zero attached hydrogens (tertiary/aromatic N) is 1. The summed E-state index contributed by atoms with van der Waals surface area (Å²) in [5.41, 5.74) is -0.647. The highest BCUT2D eigenvalue weighted by Crippen LogP contribution is 2.29. The zero-order valence-electron chi connectivity index (χ0n) is 9.66. The molecule has 0 radical (unpaired) electrons. The van der Waals surface area contributed by atoms with Gasteiger partial charge >= 0.3 is 5.97 Å². The second-order valence-corrected chi connectivity index (χ2v) is 4.22. The van der Waals surface area contributed by atoms with Crippen molar-refractivity contribution in [1.29, 1.82) is 0 Å². The highest BCUT2D eigenvalue weighted by molar-refractivity contribution is 5.78. The number of ether oxygens (including phenoxy) is 1.